The Hall–Kier alpha value is -2.41. The van der Waals surface area contributed by atoms with E-state index < -0.39 is 12.1 Å². The van der Waals surface area contributed by atoms with Crippen LogP contribution in [-0.2, 0) is 11.3 Å². The highest BCUT2D eigenvalue weighted by atomic mass is 32.1. The molecule has 0 radical (unpaired) electrons. The quantitative estimate of drug-likeness (QED) is 0.784. The van der Waals surface area contributed by atoms with Crippen molar-refractivity contribution < 1.29 is 9.59 Å². The van der Waals surface area contributed by atoms with Crippen LogP contribution in [0.4, 0.5) is 4.79 Å². The highest BCUT2D eigenvalue weighted by molar-refractivity contribution is 7.09. The van der Waals surface area contributed by atoms with E-state index in [2.05, 4.69) is 15.6 Å². The van der Waals surface area contributed by atoms with Gasteiger partial charge in [-0.2, -0.15) is 0 Å². The lowest BCUT2D eigenvalue weighted by molar-refractivity contribution is -0.122. The summed E-state index contributed by atoms with van der Waals surface area (Å²) in [6, 6.07) is 6.45. The van der Waals surface area contributed by atoms with E-state index in [1.165, 1.54) is 0 Å². The number of hydrogen-bond donors (Lipinski definition) is 3. The molecule has 1 aromatic heterocycles. The van der Waals surface area contributed by atoms with Gasteiger partial charge in [0.2, 0.25) is 5.91 Å². The average molecular weight is 318 g/mol. The standard InChI is InChI=1S/C15H18N4O2S/c1-9(18-15(16)21)14(20)17-7-11-3-5-12(6-4-11)13-8-22-10(2)19-13/h3-6,8-9H,7H2,1-2H3,(H,17,20)(H3,16,18,21)/t9-/m0/s1. The second kappa shape index (κ2) is 7.04. The van der Waals surface area contributed by atoms with Crippen molar-refractivity contribution >= 4 is 23.3 Å². The first-order valence-corrected chi connectivity index (χ1v) is 7.69. The van der Waals surface area contributed by atoms with E-state index in [1.807, 2.05) is 36.6 Å². The lowest BCUT2D eigenvalue weighted by Gasteiger charge is -2.12. The molecule has 7 heteroatoms. The third-order valence-electron chi connectivity index (χ3n) is 3.09. The van der Waals surface area contributed by atoms with Crippen molar-refractivity contribution in [1.82, 2.24) is 15.6 Å². The van der Waals surface area contributed by atoms with Gasteiger partial charge in [0.05, 0.1) is 10.7 Å². The van der Waals surface area contributed by atoms with E-state index >= 15 is 0 Å². The molecule has 116 valence electrons. The molecular weight excluding hydrogens is 300 g/mol. The van der Waals surface area contributed by atoms with E-state index in [-0.39, 0.29) is 5.91 Å². The van der Waals surface area contributed by atoms with E-state index in [9.17, 15) is 9.59 Å². The van der Waals surface area contributed by atoms with Gasteiger partial charge in [0, 0.05) is 17.5 Å². The number of aryl methyl sites for hydroxylation is 1. The molecule has 3 amide bonds. The van der Waals surface area contributed by atoms with Gasteiger partial charge in [0.1, 0.15) is 6.04 Å². The van der Waals surface area contributed by atoms with Crippen LogP contribution in [0.5, 0.6) is 0 Å². The number of aromatic nitrogens is 1. The number of nitrogens with two attached hydrogens (primary N) is 1. The molecule has 2 aromatic rings. The van der Waals surface area contributed by atoms with Gasteiger partial charge in [-0.15, -0.1) is 11.3 Å². The van der Waals surface area contributed by atoms with Crippen LogP contribution in [0.25, 0.3) is 11.3 Å². The maximum Gasteiger partial charge on any atom is 0.312 e. The Labute approximate surface area is 132 Å². The molecule has 1 heterocycles. The molecule has 0 fully saturated rings. The number of thiazole rings is 1. The van der Waals surface area contributed by atoms with Crippen LogP contribution in [0.2, 0.25) is 0 Å². The van der Waals surface area contributed by atoms with Crippen LogP contribution < -0.4 is 16.4 Å². The van der Waals surface area contributed by atoms with E-state index in [0.29, 0.717) is 6.54 Å². The fraction of sp³-hybridized carbons (Fsp3) is 0.267. The maximum atomic E-state index is 11.8. The number of primary amides is 1. The highest BCUT2D eigenvalue weighted by Gasteiger charge is 2.13. The van der Waals surface area contributed by atoms with Gasteiger partial charge in [0.15, 0.2) is 0 Å². The van der Waals surface area contributed by atoms with Crippen molar-refractivity contribution in [2.45, 2.75) is 26.4 Å². The number of nitrogens with zero attached hydrogens (tertiary/aromatic N) is 1. The Bertz CT molecular complexity index is 666. The Balaban J connectivity index is 1.91. The average Bonchev–Trinajstić information content (AvgIpc) is 2.91. The second-order valence-corrected chi connectivity index (χ2v) is 5.96. The summed E-state index contributed by atoms with van der Waals surface area (Å²) in [5.41, 5.74) is 7.95. The van der Waals surface area contributed by atoms with Gasteiger partial charge < -0.3 is 16.4 Å². The number of carbonyl (C=O) groups excluding carboxylic acids is 2. The largest absolute Gasteiger partial charge is 0.352 e. The summed E-state index contributed by atoms with van der Waals surface area (Å²) >= 11 is 1.61. The minimum Gasteiger partial charge on any atom is -0.352 e. The minimum absolute atomic E-state index is 0.280. The fourth-order valence-electron chi connectivity index (χ4n) is 1.91. The number of nitrogens with one attached hydrogen (secondary N) is 2. The van der Waals surface area contributed by atoms with Gasteiger partial charge in [-0.1, -0.05) is 24.3 Å². The SMILES string of the molecule is Cc1nc(-c2ccc(CNC(=O)[C@H](C)NC(N)=O)cc2)cs1. The zero-order valence-electron chi connectivity index (χ0n) is 12.4. The smallest absolute Gasteiger partial charge is 0.312 e. The molecule has 0 aliphatic carbocycles. The first kappa shape index (κ1) is 16.0. The summed E-state index contributed by atoms with van der Waals surface area (Å²) in [7, 11) is 0. The first-order valence-electron chi connectivity index (χ1n) is 6.81. The third kappa shape index (κ3) is 4.29. The Morgan fingerprint density at radius 1 is 1.32 bits per heavy atom. The molecule has 4 N–H and O–H groups in total. The van der Waals surface area contributed by atoms with Crippen molar-refractivity contribution in [2.24, 2.45) is 5.73 Å². The molecule has 0 bridgehead atoms. The minimum atomic E-state index is -0.717. The normalized spacial score (nSPS) is 11.7. The Morgan fingerprint density at radius 3 is 2.55 bits per heavy atom. The summed E-state index contributed by atoms with van der Waals surface area (Å²) < 4.78 is 0. The number of amides is 3. The summed E-state index contributed by atoms with van der Waals surface area (Å²) in [6.07, 6.45) is 0. The molecule has 1 atom stereocenters. The molecule has 2 rings (SSSR count). The maximum absolute atomic E-state index is 11.8. The molecule has 0 spiro atoms. The first-order chi connectivity index (χ1) is 10.5. The van der Waals surface area contributed by atoms with E-state index in [0.717, 1.165) is 21.8 Å². The molecule has 1 aromatic carbocycles. The van der Waals surface area contributed by atoms with Crippen LogP contribution >= 0.6 is 11.3 Å². The van der Waals surface area contributed by atoms with Crippen LogP contribution in [0, 0.1) is 6.92 Å². The zero-order chi connectivity index (χ0) is 16.1. The van der Waals surface area contributed by atoms with Crippen LogP contribution in [-0.4, -0.2) is 23.0 Å². The molecule has 0 aliphatic rings. The molecule has 0 saturated heterocycles. The summed E-state index contributed by atoms with van der Waals surface area (Å²) in [5.74, 6) is -0.280. The lowest BCUT2D eigenvalue weighted by Crippen LogP contribution is -2.46. The van der Waals surface area contributed by atoms with Crippen LogP contribution in [0.1, 0.15) is 17.5 Å². The Morgan fingerprint density at radius 2 is 2.00 bits per heavy atom. The van der Waals surface area contributed by atoms with Crippen molar-refractivity contribution in [3.8, 4) is 11.3 Å². The van der Waals surface area contributed by atoms with Gasteiger partial charge in [-0.3, -0.25) is 4.79 Å². The number of carbonyl (C=O) groups is 2. The lowest BCUT2D eigenvalue weighted by atomic mass is 10.1. The van der Waals surface area contributed by atoms with Gasteiger partial charge in [-0.25, -0.2) is 9.78 Å². The summed E-state index contributed by atoms with van der Waals surface area (Å²) in [4.78, 5) is 26.9. The van der Waals surface area contributed by atoms with E-state index in [1.54, 1.807) is 18.3 Å². The van der Waals surface area contributed by atoms with Crippen molar-refractivity contribution in [2.75, 3.05) is 0 Å². The molecule has 0 aliphatic heterocycles. The van der Waals surface area contributed by atoms with E-state index in [4.69, 9.17) is 5.73 Å². The molecule has 22 heavy (non-hydrogen) atoms. The van der Waals surface area contributed by atoms with Gasteiger partial charge in [0.25, 0.3) is 0 Å². The van der Waals surface area contributed by atoms with Crippen molar-refractivity contribution in [3.63, 3.8) is 0 Å². The topological polar surface area (TPSA) is 97.1 Å². The summed E-state index contributed by atoms with van der Waals surface area (Å²) in [6.45, 7) is 3.94. The predicted octanol–water partition coefficient (Wildman–Crippen LogP) is 1.79. The highest BCUT2D eigenvalue weighted by Crippen LogP contribution is 2.21. The van der Waals surface area contributed by atoms with Crippen LogP contribution in [0.3, 0.4) is 0 Å². The summed E-state index contributed by atoms with van der Waals surface area (Å²) in [5, 5.41) is 8.12. The van der Waals surface area contributed by atoms with Crippen LogP contribution in [0.15, 0.2) is 29.6 Å². The molecule has 0 saturated carbocycles. The fourth-order valence-corrected chi connectivity index (χ4v) is 2.53. The zero-order valence-corrected chi connectivity index (χ0v) is 13.2. The van der Waals surface area contributed by atoms with Crippen molar-refractivity contribution in [1.29, 1.82) is 0 Å². The second-order valence-electron chi connectivity index (χ2n) is 4.90. The number of urea groups is 1. The van der Waals surface area contributed by atoms with Gasteiger partial charge in [-0.05, 0) is 19.4 Å². The predicted molar refractivity (Wildman–Crippen MR) is 86.3 cm³/mol. The number of rotatable bonds is 5. The monoisotopic (exact) mass is 318 g/mol. The van der Waals surface area contributed by atoms with Crippen molar-refractivity contribution in [3.05, 3.63) is 40.2 Å². The molecule has 6 nitrogen and oxygen atoms in total. The number of hydrogen-bond acceptors (Lipinski definition) is 4. The Kier molecular flexibility index (Phi) is 5.11. The third-order valence-corrected chi connectivity index (χ3v) is 3.86. The number of benzene rings is 1. The molecular formula is C15H18N4O2S. The van der Waals surface area contributed by atoms with Gasteiger partial charge >= 0.3 is 6.03 Å². The molecule has 0 unspecified atom stereocenters.